The van der Waals surface area contributed by atoms with Crippen LogP contribution in [0, 0.1) is 0 Å². The maximum absolute atomic E-state index is 6.72. The van der Waals surface area contributed by atoms with Gasteiger partial charge in [0.1, 0.15) is 34.3 Å². The summed E-state index contributed by atoms with van der Waals surface area (Å²) < 4.78 is 12.9. The molecular formula is C53H33N3O2. The Bertz CT molecular complexity index is 3480. The monoisotopic (exact) mass is 743 g/mol. The van der Waals surface area contributed by atoms with Crippen molar-refractivity contribution in [3.05, 3.63) is 205 Å². The predicted molar refractivity (Wildman–Crippen MR) is 239 cm³/mol. The van der Waals surface area contributed by atoms with Crippen molar-refractivity contribution >= 4 is 77.1 Å². The number of furan rings is 2. The average molecular weight is 744 g/mol. The summed E-state index contributed by atoms with van der Waals surface area (Å²) in [5.41, 5.74) is 10.9. The lowest BCUT2D eigenvalue weighted by atomic mass is 9.91. The van der Waals surface area contributed by atoms with Gasteiger partial charge in [-0.3, -0.25) is 0 Å². The minimum atomic E-state index is -0.357. The molecule has 0 fully saturated rings. The zero-order chi connectivity index (χ0) is 38.2. The summed E-state index contributed by atoms with van der Waals surface area (Å²) in [6, 6.07) is 65.9. The molecule has 1 atom stereocenters. The molecule has 0 saturated carbocycles. The topological polar surface area (TPSA) is 63.0 Å². The zero-order valence-corrected chi connectivity index (χ0v) is 31.2. The Labute approximate surface area is 333 Å². The summed E-state index contributed by atoms with van der Waals surface area (Å²) in [5, 5.41) is 12.8. The van der Waals surface area contributed by atoms with E-state index in [2.05, 4.69) is 151 Å². The van der Waals surface area contributed by atoms with E-state index in [0.717, 1.165) is 88.5 Å². The molecule has 3 heterocycles. The molecule has 1 aliphatic heterocycles. The van der Waals surface area contributed by atoms with E-state index in [4.69, 9.17) is 18.8 Å². The van der Waals surface area contributed by atoms with Crippen LogP contribution in [0.25, 0.3) is 87.7 Å². The first kappa shape index (κ1) is 32.5. The Hall–Kier alpha value is -7.76. The Morgan fingerprint density at radius 1 is 0.397 bits per heavy atom. The molecule has 272 valence electrons. The zero-order valence-electron chi connectivity index (χ0n) is 31.2. The van der Waals surface area contributed by atoms with Crippen molar-refractivity contribution in [3.63, 3.8) is 0 Å². The molecule has 58 heavy (non-hydrogen) atoms. The van der Waals surface area contributed by atoms with Crippen molar-refractivity contribution in [1.29, 1.82) is 0 Å². The fourth-order valence-electron chi connectivity index (χ4n) is 8.66. The van der Waals surface area contributed by atoms with Gasteiger partial charge in [-0.2, -0.15) is 0 Å². The number of hydrogen-bond donors (Lipinski definition) is 1. The second kappa shape index (κ2) is 12.9. The van der Waals surface area contributed by atoms with Crippen LogP contribution in [0.5, 0.6) is 0 Å². The molecule has 9 aromatic carbocycles. The quantitative estimate of drug-likeness (QED) is 0.191. The number of benzene rings is 9. The van der Waals surface area contributed by atoms with Crippen LogP contribution in [0.4, 0.5) is 0 Å². The van der Waals surface area contributed by atoms with E-state index < -0.39 is 0 Å². The number of rotatable bonds is 5. The van der Waals surface area contributed by atoms with E-state index in [0.29, 0.717) is 5.84 Å². The number of nitrogens with zero attached hydrogens (tertiary/aromatic N) is 2. The van der Waals surface area contributed by atoms with Gasteiger partial charge in [-0.25, -0.2) is 9.98 Å². The van der Waals surface area contributed by atoms with Gasteiger partial charge in [-0.15, -0.1) is 0 Å². The van der Waals surface area contributed by atoms with Gasteiger partial charge in [-0.05, 0) is 91.8 Å². The molecule has 0 radical (unpaired) electrons. The van der Waals surface area contributed by atoms with E-state index >= 15 is 0 Å². The van der Waals surface area contributed by atoms with Gasteiger partial charge in [0.15, 0.2) is 5.84 Å². The fraction of sp³-hybridized carbons (Fsp3) is 0.0189. The number of amidine groups is 2. The Morgan fingerprint density at radius 3 is 1.95 bits per heavy atom. The first-order valence-corrected chi connectivity index (χ1v) is 19.6. The van der Waals surface area contributed by atoms with Gasteiger partial charge in [0.2, 0.25) is 0 Å². The lowest BCUT2D eigenvalue weighted by Gasteiger charge is -2.24. The molecule has 5 heteroatoms. The minimum absolute atomic E-state index is 0.357. The third kappa shape index (κ3) is 5.32. The van der Waals surface area contributed by atoms with Crippen LogP contribution in [0.1, 0.15) is 22.9 Å². The third-order valence-electron chi connectivity index (χ3n) is 11.5. The highest BCUT2D eigenvalue weighted by Crippen LogP contribution is 2.43. The van der Waals surface area contributed by atoms with Crippen LogP contribution in [0.2, 0.25) is 0 Å². The summed E-state index contributed by atoms with van der Waals surface area (Å²) in [6.07, 6.45) is -0.357. The first-order valence-electron chi connectivity index (χ1n) is 19.6. The molecule has 12 rings (SSSR count). The molecule has 0 amide bonds. The van der Waals surface area contributed by atoms with Crippen LogP contribution in [0.3, 0.4) is 0 Å². The molecule has 0 bridgehead atoms. The second-order valence-electron chi connectivity index (χ2n) is 15.0. The standard InChI is InChI=1S/C53H33N3O2/c1-2-12-34(13-3-1)51-54-52(56-53(55-51)38-25-26-47-44(28-38)42-18-8-9-20-46(42)57-47)35-23-21-33(22-24-35)43-29-39(41-19-10-16-32-11-6-7-17-40(32)41)31-49-50(43)45-27-36-14-4-5-15-37(36)30-48(45)58-49/h1-31,53H,(H,54,55,56). The minimum Gasteiger partial charge on any atom is -0.456 e. The summed E-state index contributed by atoms with van der Waals surface area (Å²) in [7, 11) is 0. The van der Waals surface area contributed by atoms with Gasteiger partial charge >= 0.3 is 0 Å². The predicted octanol–water partition coefficient (Wildman–Crippen LogP) is 13.6. The summed E-state index contributed by atoms with van der Waals surface area (Å²) in [5.74, 6) is 1.44. The average Bonchev–Trinajstić information content (AvgIpc) is 3.85. The van der Waals surface area contributed by atoms with Crippen molar-refractivity contribution in [3.8, 4) is 22.3 Å². The van der Waals surface area contributed by atoms with E-state index in [-0.39, 0.29) is 6.17 Å². The van der Waals surface area contributed by atoms with Crippen molar-refractivity contribution in [2.45, 2.75) is 6.17 Å². The lowest BCUT2D eigenvalue weighted by molar-refractivity contribution is 0.663. The van der Waals surface area contributed by atoms with Crippen molar-refractivity contribution in [1.82, 2.24) is 5.32 Å². The number of aliphatic imine (C=N–C) groups is 2. The summed E-state index contributed by atoms with van der Waals surface area (Å²) in [4.78, 5) is 10.3. The van der Waals surface area contributed by atoms with Crippen LogP contribution >= 0.6 is 0 Å². The fourth-order valence-corrected chi connectivity index (χ4v) is 8.66. The molecule has 2 aromatic heterocycles. The molecule has 1 N–H and O–H groups in total. The molecule has 0 saturated heterocycles. The van der Waals surface area contributed by atoms with Crippen molar-refractivity contribution in [2.75, 3.05) is 0 Å². The molecule has 5 nitrogen and oxygen atoms in total. The number of para-hydroxylation sites is 1. The van der Waals surface area contributed by atoms with E-state index in [1.165, 1.54) is 21.7 Å². The van der Waals surface area contributed by atoms with Gasteiger partial charge < -0.3 is 14.2 Å². The normalized spacial score (nSPS) is 14.4. The SMILES string of the molecule is c1ccc(C2=NC(c3ccc4oc5ccccc5c4c3)NC(c3ccc(-c4cc(-c5cccc6ccccc56)cc5oc6cc7ccccc7cc6c45)cc3)=N2)cc1. The maximum atomic E-state index is 6.72. The van der Waals surface area contributed by atoms with Crippen LogP contribution in [-0.2, 0) is 0 Å². The Balaban J connectivity index is 0.993. The van der Waals surface area contributed by atoms with Crippen molar-refractivity contribution < 1.29 is 8.83 Å². The summed E-state index contributed by atoms with van der Waals surface area (Å²) >= 11 is 0. The van der Waals surface area contributed by atoms with Gasteiger partial charge in [-0.1, -0.05) is 146 Å². The molecule has 11 aromatic rings. The van der Waals surface area contributed by atoms with E-state index in [9.17, 15) is 0 Å². The van der Waals surface area contributed by atoms with Crippen LogP contribution in [-0.4, -0.2) is 11.7 Å². The third-order valence-corrected chi connectivity index (χ3v) is 11.5. The molecule has 0 spiro atoms. The first-order chi connectivity index (χ1) is 28.7. The van der Waals surface area contributed by atoms with Crippen molar-refractivity contribution in [2.24, 2.45) is 9.98 Å². The van der Waals surface area contributed by atoms with Gasteiger partial charge in [0.05, 0.1) is 0 Å². The molecular weight excluding hydrogens is 711 g/mol. The highest BCUT2D eigenvalue weighted by Gasteiger charge is 2.23. The Morgan fingerprint density at radius 2 is 1.09 bits per heavy atom. The maximum Gasteiger partial charge on any atom is 0.159 e. The molecule has 1 unspecified atom stereocenters. The highest BCUT2D eigenvalue weighted by molar-refractivity contribution is 6.18. The van der Waals surface area contributed by atoms with Gasteiger partial charge in [0, 0.05) is 32.7 Å². The van der Waals surface area contributed by atoms with E-state index in [1.807, 2.05) is 42.5 Å². The lowest BCUT2D eigenvalue weighted by Crippen LogP contribution is -2.33. The van der Waals surface area contributed by atoms with Crippen LogP contribution < -0.4 is 5.32 Å². The summed E-state index contributed by atoms with van der Waals surface area (Å²) in [6.45, 7) is 0. The Kier molecular flexibility index (Phi) is 7.23. The van der Waals surface area contributed by atoms with Gasteiger partial charge in [0.25, 0.3) is 0 Å². The number of fused-ring (bicyclic) bond motifs is 8. The smallest absolute Gasteiger partial charge is 0.159 e. The van der Waals surface area contributed by atoms with Crippen LogP contribution in [0.15, 0.2) is 207 Å². The molecule has 1 aliphatic rings. The number of nitrogens with one attached hydrogen (secondary N) is 1. The molecule has 0 aliphatic carbocycles. The number of hydrogen-bond acceptors (Lipinski definition) is 5. The largest absolute Gasteiger partial charge is 0.456 e. The highest BCUT2D eigenvalue weighted by atomic mass is 16.3. The second-order valence-corrected chi connectivity index (χ2v) is 15.0. The van der Waals surface area contributed by atoms with E-state index in [1.54, 1.807) is 0 Å².